The molecule has 0 amide bonds. The van der Waals surface area contributed by atoms with E-state index in [0.29, 0.717) is 0 Å². The normalized spacial score (nSPS) is 10.6. The van der Waals surface area contributed by atoms with Crippen LogP contribution in [0.1, 0.15) is 18.9 Å². The molecule has 0 aliphatic carbocycles. The Morgan fingerprint density at radius 1 is 1.21 bits per heavy atom. The zero-order chi connectivity index (χ0) is 9.97. The van der Waals surface area contributed by atoms with Gasteiger partial charge in [0.25, 0.3) is 0 Å². The third-order valence-electron chi connectivity index (χ3n) is 2.38. The Hall–Kier alpha value is -1.57. The minimum absolute atomic E-state index is 0.0360. The van der Waals surface area contributed by atoms with Crippen LogP contribution in [-0.4, -0.2) is 4.98 Å². The van der Waals surface area contributed by atoms with Crippen LogP contribution in [0.5, 0.6) is 0 Å². The van der Waals surface area contributed by atoms with Crippen molar-refractivity contribution in [3.05, 3.63) is 46.2 Å². The fraction of sp³-hybridized carbons (Fsp3) is 0.250. The molecule has 0 fully saturated rings. The molecule has 1 N–H and O–H groups in total. The maximum Gasteiger partial charge on any atom is 0.248 e. The third-order valence-corrected chi connectivity index (χ3v) is 2.38. The second-order valence-corrected chi connectivity index (χ2v) is 3.45. The molecule has 0 spiro atoms. The third kappa shape index (κ3) is 1.55. The lowest BCUT2D eigenvalue weighted by atomic mass is 10.0. The van der Waals surface area contributed by atoms with E-state index < -0.39 is 0 Å². The van der Waals surface area contributed by atoms with E-state index in [1.54, 1.807) is 6.07 Å². The number of fused-ring (bicyclic) bond motifs is 1. The summed E-state index contributed by atoms with van der Waals surface area (Å²) in [4.78, 5) is 13.9. The molecule has 72 valence electrons. The van der Waals surface area contributed by atoms with Crippen molar-refractivity contribution < 1.29 is 0 Å². The average molecular weight is 187 g/mol. The summed E-state index contributed by atoms with van der Waals surface area (Å²) in [5.74, 6) is 0. The molecule has 0 saturated carbocycles. The van der Waals surface area contributed by atoms with Gasteiger partial charge in [-0.3, -0.25) is 4.79 Å². The van der Waals surface area contributed by atoms with Crippen LogP contribution in [0.3, 0.4) is 0 Å². The van der Waals surface area contributed by atoms with Crippen molar-refractivity contribution in [1.82, 2.24) is 4.98 Å². The monoisotopic (exact) mass is 187 g/mol. The number of hydrogen-bond donors (Lipinski definition) is 1. The maximum atomic E-state index is 11.1. The number of hydrogen-bond acceptors (Lipinski definition) is 1. The van der Waals surface area contributed by atoms with Gasteiger partial charge < -0.3 is 4.98 Å². The van der Waals surface area contributed by atoms with Crippen LogP contribution >= 0.6 is 0 Å². The SMILES string of the molecule is CCCc1cccc2[nH]c(=O)ccc12. The van der Waals surface area contributed by atoms with Crippen LogP contribution in [0, 0.1) is 0 Å². The summed E-state index contributed by atoms with van der Waals surface area (Å²) < 4.78 is 0. The van der Waals surface area contributed by atoms with Gasteiger partial charge in [-0.2, -0.15) is 0 Å². The van der Waals surface area contributed by atoms with Gasteiger partial charge in [0, 0.05) is 17.0 Å². The van der Waals surface area contributed by atoms with E-state index >= 15 is 0 Å². The second kappa shape index (κ2) is 3.66. The molecule has 2 aromatic rings. The Morgan fingerprint density at radius 3 is 2.86 bits per heavy atom. The van der Waals surface area contributed by atoms with E-state index in [1.807, 2.05) is 18.2 Å². The Labute approximate surface area is 82.6 Å². The molecule has 2 rings (SSSR count). The first-order valence-corrected chi connectivity index (χ1v) is 4.92. The van der Waals surface area contributed by atoms with E-state index in [2.05, 4.69) is 18.0 Å². The minimum atomic E-state index is -0.0360. The number of benzene rings is 1. The molecule has 0 atom stereocenters. The number of aromatic nitrogens is 1. The van der Waals surface area contributed by atoms with Gasteiger partial charge >= 0.3 is 0 Å². The van der Waals surface area contributed by atoms with Gasteiger partial charge in [-0.25, -0.2) is 0 Å². The topological polar surface area (TPSA) is 32.9 Å². The predicted octanol–water partition coefficient (Wildman–Crippen LogP) is 2.48. The first-order chi connectivity index (χ1) is 6.81. The van der Waals surface area contributed by atoms with Crippen LogP contribution in [0.15, 0.2) is 35.1 Å². The van der Waals surface area contributed by atoms with Crippen molar-refractivity contribution in [3.63, 3.8) is 0 Å². The second-order valence-electron chi connectivity index (χ2n) is 3.45. The fourth-order valence-electron chi connectivity index (χ4n) is 1.74. The van der Waals surface area contributed by atoms with E-state index in [4.69, 9.17) is 0 Å². The average Bonchev–Trinajstić information content (AvgIpc) is 2.18. The van der Waals surface area contributed by atoms with Crippen LogP contribution in [-0.2, 0) is 6.42 Å². The van der Waals surface area contributed by atoms with E-state index in [0.717, 1.165) is 23.7 Å². The molecule has 0 aliphatic heterocycles. The van der Waals surface area contributed by atoms with Crippen molar-refractivity contribution in [2.45, 2.75) is 19.8 Å². The van der Waals surface area contributed by atoms with Crippen molar-refractivity contribution in [2.24, 2.45) is 0 Å². The number of rotatable bonds is 2. The maximum absolute atomic E-state index is 11.1. The number of aryl methyl sites for hydroxylation is 1. The fourth-order valence-corrected chi connectivity index (χ4v) is 1.74. The van der Waals surface area contributed by atoms with Crippen molar-refractivity contribution in [2.75, 3.05) is 0 Å². The Morgan fingerprint density at radius 2 is 2.07 bits per heavy atom. The Kier molecular flexibility index (Phi) is 2.35. The van der Waals surface area contributed by atoms with Crippen LogP contribution in [0.25, 0.3) is 10.9 Å². The molecule has 0 bridgehead atoms. The Balaban J connectivity index is 2.68. The first-order valence-electron chi connectivity index (χ1n) is 4.92. The molecular weight excluding hydrogens is 174 g/mol. The molecule has 1 aromatic heterocycles. The van der Waals surface area contributed by atoms with Gasteiger partial charge in [0.2, 0.25) is 5.56 Å². The van der Waals surface area contributed by atoms with E-state index in [-0.39, 0.29) is 5.56 Å². The number of aromatic amines is 1. The highest BCUT2D eigenvalue weighted by Crippen LogP contribution is 2.16. The molecule has 1 aromatic carbocycles. The molecule has 2 heteroatoms. The summed E-state index contributed by atoms with van der Waals surface area (Å²) in [5.41, 5.74) is 2.20. The van der Waals surface area contributed by atoms with Crippen molar-refractivity contribution >= 4 is 10.9 Å². The van der Waals surface area contributed by atoms with Gasteiger partial charge in [-0.05, 0) is 24.1 Å². The van der Waals surface area contributed by atoms with Gasteiger partial charge in [-0.1, -0.05) is 25.5 Å². The van der Waals surface area contributed by atoms with E-state index in [9.17, 15) is 4.79 Å². The summed E-state index contributed by atoms with van der Waals surface area (Å²) in [5, 5.41) is 1.16. The summed E-state index contributed by atoms with van der Waals surface area (Å²) in [6.45, 7) is 2.16. The zero-order valence-electron chi connectivity index (χ0n) is 8.21. The smallest absolute Gasteiger partial charge is 0.248 e. The van der Waals surface area contributed by atoms with Crippen LogP contribution < -0.4 is 5.56 Å². The van der Waals surface area contributed by atoms with Crippen molar-refractivity contribution in [3.8, 4) is 0 Å². The van der Waals surface area contributed by atoms with E-state index in [1.165, 1.54) is 5.56 Å². The summed E-state index contributed by atoms with van der Waals surface area (Å²) in [6.07, 6.45) is 2.18. The quantitative estimate of drug-likeness (QED) is 0.769. The van der Waals surface area contributed by atoms with Crippen LogP contribution in [0.4, 0.5) is 0 Å². The van der Waals surface area contributed by atoms with Gasteiger partial charge in [0.1, 0.15) is 0 Å². The van der Waals surface area contributed by atoms with Gasteiger partial charge in [0.05, 0.1) is 0 Å². The number of nitrogens with one attached hydrogen (secondary N) is 1. The standard InChI is InChI=1S/C12H13NO/c1-2-4-9-5-3-6-11-10(9)7-8-12(14)13-11/h3,5-8H,2,4H2,1H3,(H,13,14). The highest BCUT2D eigenvalue weighted by molar-refractivity contribution is 5.81. The summed E-state index contributed by atoms with van der Waals surface area (Å²) >= 11 is 0. The largest absolute Gasteiger partial charge is 0.322 e. The molecule has 14 heavy (non-hydrogen) atoms. The Bertz CT molecular complexity index is 499. The van der Waals surface area contributed by atoms with Crippen LogP contribution in [0.2, 0.25) is 0 Å². The number of H-pyrrole nitrogens is 1. The number of pyridine rings is 1. The zero-order valence-corrected chi connectivity index (χ0v) is 8.21. The summed E-state index contributed by atoms with van der Waals surface area (Å²) in [6, 6.07) is 9.53. The molecular formula is C12H13NO. The predicted molar refractivity (Wildman–Crippen MR) is 58.6 cm³/mol. The highest BCUT2D eigenvalue weighted by Gasteiger charge is 1.99. The molecule has 0 unspecified atom stereocenters. The van der Waals surface area contributed by atoms with Gasteiger partial charge in [-0.15, -0.1) is 0 Å². The molecule has 1 heterocycles. The lowest BCUT2D eigenvalue weighted by Crippen LogP contribution is -2.03. The molecule has 0 saturated heterocycles. The first kappa shape index (κ1) is 9.00. The lowest BCUT2D eigenvalue weighted by Gasteiger charge is -2.03. The summed E-state index contributed by atoms with van der Waals surface area (Å²) in [7, 11) is 0. The molecule has 0 aliphatic rings. The molecule has 2 nitrogen and oxygen atoms in total. The van der Waals surface area contributed by atoms with Crippen molar-refractivity contribution in [1.29, 1.82) is 0 Å². The highest BCUT2D eigenvalue weighted by atomic mass is 16.1. The molecule has 0 radical (unpaired) electrons. The lowest BCUT2D eigenvalue weighted by molar-refractivity contribution is 0.929. The van der Waals surface area contributed by atoms with Gasteiger partial charge in [0.15, 0.2) is 0 Å². The minimum Gasteiger partial charge on any atom is -0.322 e.